The van der Waals surface area contributed by atoms with Crippen LogP contribution in [0.3, 0.4) is 0 Å². The monoisotopic (exact) mass is 447 g/mol. The van der Waals surface area contributed by atoms with Crippen LogP contribution < -0.4 is 10.6 Å². The lowest BCUT2D eigenvalue weighted by Crippen LogP contribution is -2.47. The molecule has 164 valence electrons. The second-order valence-corrected chi connectivity index (χ2v) is 9.19. The smallest absolute Gasteiger partial charge is 0.223 e. The second-order valence-electron chi connectivity index (χ2n) is 8.16. The SMILES string of the molecule is Nc1nc(N2CCN(CCCc3ccccc3)CC2)c2cc(-c3ccc(F)cc3)sc2n1. The Morgan fingerprint density at radius 2 is 1.69 bits per heavy atom. The highest BCUT2D eigenvalue weighted by Gasteiger charge is 2.22. The van der Waals surface area contributed by atoms with Gasteiger partial charge in [-0.15, -0.1) is 11.3 Å². The maximum absolute atomic E-state index is 13.3. The van der Waals surface area contributed by atoms with E-state index in [9.17, 15) is 4.39 Å². The molecule has 0 atom stereocenters. The summed E-state index contributed by atoms with van der Waals surface area (Å²) in [5.74, 6) is 0.965. The number of halogens is 1. The molecule has 0 aliphatic carbocycles. The van der Waals surface area contributed by atoms with E-state index in [-0.39, 0.29) is 5.82 Å². The summed E-state index contributed by atoms with van der Waals surface area (Å²) in [6, 6.07) is 19.3. The van der Waals surface area contributed by atoms with Crippen molar-refractivity contribution in [3.05, 3.63) is 72.0 Å². The van der Waals surface area contributed by atoms with Gasteiger partial charge in [0, 0.05) is 31.1 Å². The summed E-state index contributed by atoms with van der Waals surface area (Å²) in [5.41, 5.74) is 8.42. The number of fused-ring (bicyclic) bond motifs is 1. The third-order valence-corrected chi connectivity index (χ3v) is 7.05. The Hall–Kier alpha value is -3.03. The summed E-state index contributed by atoms with van der Waals surface area (Å²) in [4.78, 5) is 15.8. The van der Waals surface area contributed by atoms with Crippen LogP contribution in [0.25, 0.3) is 20.7 Å². The van der Waals surface area contributed by atoms with E-state index < -0.39 is 0 Å². The highest BCUT2D eigenvalue weighted by molar-refractivity contribution is 7.22. The molecule has 0 bridgehead atoms. The van der Waals surface area contributed by atoms with Gasteiger partial charge in [0.25, 0.3) is 0 Å². The van der Waals surface area contributed by atoms with Crippen LogP contribution in [0, 0.1) is 5.82 Å². The van der Waals surface area contributed by atoms with Gasteiger partial charge in [0.1, 0.15) is 16.5 Å². The molecule has 5 nitrogen and oxygen atoms in total. The third-order valence-electron chi connectivity index (χ3n) is 5.97. The molecule has 32 heavy (non-hydrogen) atoms. The quantitative estimate of drug-likeness (QED) is 0.459. The van der Waals surface area contributed by atoms with Gasteiger partial charge < -0.3 is 10.6 Å². The Kier molecular flexibility index (Phi) is 6.01. The summed E-state index contributed by atoms with van der Waals surface area (Å²) in [6.45, 7) is 4.96. The molecule has 0 spiro atoms. The zero-order valence-corrected chi connectivity index (χ0v) is 18.7. The van der Waals surface area contributed by atoms with Crippen LogP contribution in [-0.2, 0) is 6.42 Å². The van der Waals surface area contributed by atoms with Gasteiger partial charge >= 0.3 is 0 Å². The number of nitrogens with zero attached hydrogens (tertiary/aromatic N) is 4. The number of hydrogen-bond acceptors (Lipinski definition) is 6. The molecular formula is C25H26FN5S. The van der Waals surface area contributed by atoms with E-state index in [1.807, 2.05) is 0 Å². The average molecular weight is 448 g/mol. The van der Waals surface area contributed by atoms with Crippen molar-refractivity contribution in [3.63, 3.8) is 0 Å². The van der Waals surface area contributed by atoms with Crippen molar-refractivity contribution in [1.82, 2.24) is 14.9 Å². The van der Waals surface area contributed by atoms with E-state index in [2.05, 4.69) is 56.2 Å². The van der Waals surface area contributed by atoms with Crippen LogP contribution in [-0.4, -0.2) is 47.6 Å². The van der Waals surface area contributed by atoms with Crippen LogP contribution in [0.4, 0.5) is 16.2 Å². The lowest BCUT2D eigenvalue weighted by molar-refractivity contribution is 0.255. The molecule has 0 saturated carbocycles. The zero-order valence-electron chi connectivity index (χ0n) is 17.9. The van der Waals surface area contributed by atoms with Gasteiger partial charge in [-0.1, -0.05) is 42.5 Å². The molecule has 4 aromatic rings. The van der Waals surface area contributed by atoms with Crippen LogP contribution >= 0.6 is 11.3 Å². The maximum Gasteiger partial charge on any atom is 0.223 e. The topological polar surface area (TPSA) is 58.3 Å². The van der Waals surface area contributed by atoms with Gasteiger partial charge in [-0.25, -0.2) is 9.37 Å². The lowest BCUT2D eigenvalue weighted by Gasteiger charge is -2.35. The summed E-state index contributed by atoms with van der Waals surface area (Å²) in [5, 5.41) is 1.01. The number of anilines is 2. The molecule has 2 aromatic heterocycles. The van der Waals surface area contributed by atoms with Gasteiger partial charge in [-0.05, 0) is 48.7 Å². The summed E-state index contributed by atoms with van der Waals surface area (Å²) in [6.07, 6.45) is 2.28. The molecule has 1 saturated heterocycles. The summed E-state index contributed by atoms with van der Waals surface area (Å²) >= 11 is 1.57. The van der Waals surface area contributed by atoms with Crippen molar-refractivity contribution in [2.75, 3.05) is 43.4 Å². The summed E-state index contributed by atoms with van der Waals surface area (Å²) < 4.78 is 13.3. The fourth-order valence-electron chi connectivity index (χ4n) is 4.25. The normalized spacial score (nSPS) is 14.8. The number of nitrogens with two attached hydrogens (primary N) is 1. The number of thiophene rings is 1. The molecular weight excluding hydrogens is 421 g/mol. The molecule has 1 fully saturated rings. The van der Waals surface area contributed by atoms with Gasteiger partial charge in [-0.3, -0.25) is 4.90 Å². The molecule has 2 N–H and O–H groups in total. The highest BCUT2D eigenvalue weighted by atomic mass is 32.1. The van der Waals surface area contributed by atoms with Crippen molar-refractivity contribution in [2.24, 2.45) is 0 Å². The minimum Gasteiger partial charge on any atom is -0.368 e. The Morgan fingerprint density at radius 3 is 2.44 bits per heavy atom. The van der Waals surface area contributed by atoms with E-state index in [0.717, 1.165) is 65.6 Å². The molecule has 2 aromatic carbocycles. The first-order valence-electron chi connectivity index (χ1n) is 11.0. The zero-order chi connectivity index (χ0) is 21.9. The fraction of sp³-hybridized carbons (Fsp3) is 0.280. The molecule has 3 heterocycles. The second kappa shape index (κ2) is 9.22. The predicted octanol–water partition coefficient (Wildman–Crippen LogP) is 4.83. The van der Waals surface area contributed by atoms with E-state index in [0.29, 0.717) is 5.95 Å². The van der Waals surface area contributed by atoms with Crippen molar-refractivity contribution >= 4 is 33.3 Å². The number of piperazine rings is 1. The van der Waals surface area contributed by atoms with Gasteiger partial charge in [0.15, 0.2) is 0 Å². The average Bonchev–Trinajstić information content (AvgIpc) is 3.24. The Labute approximate surface area is 191 Å². The number of benzene rings is 2. The van der Waals surface area contributed by atoms with Crippen molar-refractivity contribution < 1.29 is 4.39 Å². The number of rotatable bonds is 6. The predicted molar refractivity (Wildman–Crippen MR) is 131 cm³/mol. The van der Waals surface area contributed by atoms with Crippen molar-refractivity contribution in [2.45, 2.75) is 12.8 Å². The minimum atomic E-state index is -0.235. The van der Waals surface area contributed by atoms with Gasteiger partial charge in [0.05, 0.1) is 5.39 Å². The maximum atomic E-state index is 13.3. The van der Waals surface area contributed by atoms with E-state index in [1.54, 1.807) is 23.5 Å². The van der Waals surface area contributed by atoms with Crippen LogP contribution in [0.1, 0.15) is 12.0 Å². The molecule has 1 aliphatic heterocycles. The van der Waals surface area contributed by atoms with Gasteiger partial charge in [0.2, 0.25) is 5.95 Å². The first kappa shape index (κ1) is 20.8. The molecule has 1 aliphatic rings. The lowest BCUT2D eigenvalue weighted by atomic mass is 10.1. The van der Waals surface area contributed by atoms with Gasteiger partial charge in [-0.2, -0.15) is 4.98 Å². The van der Waals surface area contributed by atoms with E-state index in [1.165, 1.54) is 24.1 Å². The Morgan fingerprint density at radius 1 is 0.938 bits per heavy atom. The van der Waals surface area contributed by atoms with Crippen LogP contribution in [0.5, 0.6) is 0 Å². The Balaban J connectivity index is 1.27. The van der Waals surface area contributed by atoms with E-state index >= 15 is 0 Å². The van der Waals surface area contributed by atoms with E-state index in [4.69, 9.17) is 5.73 Å². The fourth-order valence-corrected chi connectivity index (χ4v) is 5.29. The van der Waals surface area contributed by atoms with Crippen molar-refractivity contribution in [3.8, 4) is 10.4 Å². The molecule has 5 rings (SSSR count). The number of hydrogen-bond donors (Lipinski definition) is 1. The first-order valence-corrected chi connectivity index (χ1v) is 11.8. The molecule has 0 radical (unpaired) electrons. The van der Waals surface area contributed by atoms with Crippen molar-refractivity contribution in [1.29, 1.82) is 0 Å². The molecule has 0 unspecified atom stereocenters. The summed E-state index contributed by atoms with van der Waals surface area (Å²) in [7, 11) is 0. The largest absolute Gasteiger partial charge is 0.368 e. The molecule has 0 amide bonds. The Bertz CT molecular complexity index is 1180. The standard InChI is InChI=1S/C25H26FN5S/c26-20-10-8-19(9-11-20)22-17-21-23(28-25(27)29-24(21)32-22)31-15-13-30(14-16-31)12-4-7-18-5-2-1-3-6-18/h1-3,5-6,8-11,17H,4,7,12-16H2,(H2,27,28,29). The number of aromatic nitrogens is 2. The highest BCUT2D eigenvalue weighted by Crippen LogP contribution is 2.37. The number of nitrogen functional groups attached to an aromatic ring is 1. The minimum absolute atomic E-state index is 0.235. The third kappa shape index (κ3) is 4.59. The number of aryl methyl sites for hydroxylation is 1. The van der Waals surface area contributed by atoms with Crippen LogP contribution in [0.2, 0.25) is 0 Å². The first-order chi connectivity index (χ1) is 15.7. The van der Waals surface area contributed by atoms with Crippen LogP contribution in [0.15, 0.2) is 60.7 Å². The molecule has 7 heteroatoms.